The van der Waals surface area contributed by atoms with Crippen molar-refractivity contribution >= 4 is 0 Å². The van der Waals surface area contributed by atoms with Crippen LogP contribution < -0.4 is 4.74 Å². The molecule has 0 fully saturated rings. The number of aromatic hydroxyl groups is 1. The quantitative estimate of drug-likeness (QED) is 0.774. The fourth-order valence-electron chi connectivity index (χ4n) is 2.64. The predicted octanol–water partition coefficient (Wildman–Crippen LogP) is 5.05. The second-order valence-electron chi connectivity index (χ2n) is 6.27. The second kappa shape index (κ2) is 8.00. The van der Waals surface area contributed by atoms with Crippen molar-refractivity contribution < 1.29 is 14.2 Å². The smallest absolute Gasteiger partial charge is 0.160 e. The van der Waals surface area contributed by atoms with Gasteiger partial charge in [0.15, 0.2) is 11.5 Å². The summed E-state index contributed by atoms with van der Waals surface area (Å²) in [6.45, 7) is 4.01. The van der Waals surface area contributed by atoms with Gasteiger partial charge in [0.1, 0.15) is 5.82 Å². The first-order valence-electron chi connectivity index (χ1n) is 8.10. The number of ether oxygens (including phenoxy) is 1. The minimum atomic E-state index is -0.119. The first-order valence-corrected chi connectivity index (χ1v) is 8.10. The molecule has 0 saturated heterocycles. The largest absolute Gasteiger partial charge is 0.504 e. The van der Waals surface area contributed by atoms with Crippen molar-refractivity contribution in [3.05, 3.63) is 58.9 Å². The number of hydrogen-bond donors (Lipinski definition) is 1. The van der Waals surface area contributed by atoms with E-state index in [1.807, 2.05) is 24.3 Å². The van der Waals surface area contributed by atoms with Crippen LogP contribution in [0, 0.1) is 18.7 Å². The molecule has 124 valence electrons. The van der Waals surface area contributed by atoms with Gasteiger partial charge < -0.3 is 9.84 Å². The van der Waals surface area contributed by atoms with Crippen molar-refractivity contribution in [3.63, 3.8) is 0 Å². The van der Waals surface area contributed by atoms with E-state index in [0.29, 0.717) is 17.2 Å². The summed E-state index contributed by atoms with van der Waals surface area (Å²) in [6, 6.07) is 11.0. The molecule has 23 heavy (non-hydrogen) atoms. The van der Waals surface area contributed by atoms with Crippen molar-refractivity contribution in [2.45, 2.75) is 39.5 Å². The number of phenolic OH excluding ortho intramolecular Hbond substituents is 1. The molecular formula is C20H25FO2. The molecule has 2 aromatic carbocycles. The summed E-state index contributed by atoms with van der Waals surface area (Å²) in [4.78, 5) is 0. The molecule has 1 N–H and O–H groups in total. The van der Waals surface area contributed by atoms with Gasteiger partial charge in [-0.05, 0) is 73.4 Å². The van der Waals surface area contributed by atoms with Gasteiger partial charge in [0.05, 0.1) is 7.11 Å². The van der Waals surface area contributed by atoms with Crippen LogP contribution in [0.2, 0.25) is 0 Å². The summed E-state index contributed by atoms with van der Waals surface area (Å²) in [6.07, 6.45) is 3.94. The third-order valence-corrected chi connectivity index (χ3v) is 4.33. The van der Waals surface area contributed by atoms with Crippen molar-refractivity contribution in [3.8, 4) is 11.5 Å². The number of hydrogen-bond acceptors (Lipinski definition) is 2. The Morgan fingerprint density at radius 2 is 1.65 bits per heavy atom. The minimum absolute atomic E-state index is 0.119. The Hall–Kier alpha value is -2.03. The van der Waals surface area contributed by atoms with E-state index < -0.39 is 0 Å². The summed E-state index contributed by atoms with van der Waals surface area (Å²) in [5, 5.41) is 9.61. The lowest BCUT2D eigenvalue weighted by molar-refractivity contribution is 0.372. The number of methoxy groups -OCH3 is 1. The Balaban J connectivity index is 1.83. The highest BCUT2D eigenvalue weighted by molar-refractivity contribution is 5.41. The van der Waals surface area contributed by atoms with E-state index in [2.05, 4.69) is 6.92 Å². The van der Waals surface area contributed by atoms with E-state index in [4.69, 9.17) is 4.74 Å². The fraction of sp³-hybridized carbons (Fsp3) is 0.400. The molecule has 0 aromatic heterocycles. The third-order valence-electron chi connectivity index (χ3n) is 4.33. The Labute approximate surface area is 137 Å². The zero-order valence-electron chi connectivity index (χ0n) is 14.1. The molecule has 2 rings (SSSR count). The number of benzene rings is 2. The van der Waals surface area contributed by atoms with Gasteiger partial charge in [-0.3, -0.25) is 0 Å². The maximum absolute atomic E-state index is 13.5. The molecule has 2 nitrogen and oxygen atoms in total. The van der Waals surface area contributed by atoms with Crippen LogP contribution in [0.4, 0.5) is 4.39 Å². The second-order valence-corrected chi connectivity index (χ2v) is 6.27. The van der Waals surface area contributed by atoms with Crippen LogP contribution in [0.15, 0.2) is 36.4 Å². The summed E-state index contributed by atoms with van der Waals surface area (Å²) in [5.74, 6) is 1.13. The van der Waals surface area contributed by atoms with Crippen LogP contribution in [0.3, 0.4) is 0 Å². The highest BCUT2D eigenvalue weighted by atomic mass is 19.1. The molecule has 0 aliphatic rings. The van der Waals surface area contributed by atoms with Crippen LogP contribution >= 0.6 is 0 Å². The van der Waals surface area contributed by atoms with Gasteiger partial charge in [-0.1, -0.05) is 25.1 Å². The van der Waals surface area contributed by atoms with E-state index in [9.17, 15) is 9.50 Å². The maximum atomic E-state index is 13.5. The first-order chi connectivity index (χ1) is 11.0. The third kappa shape index (κ3) is 4.98. The molecular weight excluding hydrogens is 291 g/mol. The van der Waals surface area contributed by atoms with Crippen LogP contribution in [0.25, 0.3) is 0 Å². The maximum Gasteiger partial charge on any atom is 0.160 e. The number of rotatable bonds is 7. The standard InChI is InChI=1S/C20H25FO2/c1-14(4-7-16-9-6-15(2)18(21)12-16)5-8-17-10-11-19(22)20(13-17)23-3/h6,9-14,22H,4-5,7-8H2,1-3H3. The van der Waals surface area contributed by atoms with E-state index in [1.165, 1.54) is 0 Å². The fourth-order valence-corrected chi connectivity index (χ4v) is 2.64. The molecule has 2 aromatic rings. The average molecular weight is 316 g/mol. The van der Waals surface area contributed by atoms with Gasteiger partial charge >= 0.3 is 0 Å². The van der Waals surface area contributed by atoms with E-state index >= 15 is 0 Å². The molecule has 0 amide bonds. The number of phenols is 1. The first kappa shape index (κ1) is 17.3. The van der Waals surface area contributed by atoms with E-state index in [-0.39, 0.29) is 11.6 Å². The highest BCUT2D eigenvalue weighted by Crippen LogP contribution is 2.27. The van der Waals surface area contributed by atoms with Gasteiger partial charge in [0, 0.05) is 0 Å². The monoisotopic (exact) mass is 316 g/mol. The lowest BCUT2D eigenvalue weighted by Gasteiger charge is -2.12. The Morgan fingerprint density at radius 3 is 2.26 bits per heavy atom. The molecule has 3 heteroatoms. The van der Waals surface area contributed by atoms with Crippen molar-refractivity contribution in [1.82, 2.24) is 0 Å². The molecule has 1 atom stereocenters. The number of halogens is 1. The van der Waals surface area contributed by atoms with Crippen molar-refractivity contribution in [2.75, 3.05) is 7.11 Å². The average Bonchev–Trinajstić information content (AvgIpc) is 2.55. The van der Waals surface area contributed by atoms with Gasteiger partial charge in [0.25, 0.3) is 0 Å². The van der Waals surface area contributed by atoms with E-state index in [0.717, 1.165) is 36.8 Å². The Morgan fingerprint density at radius 1 is 1.04 bits per heavy atom. The summed E-state index contributed by atoms with van der Waals surface area (Å²) < 4.78 is 18.7. The van der Waals surface area contributed by atoms with Crippen molar-refractivity contribution in [1.29, 1.82) is 0 Å². The molecule has 0 aliphatic carbocycles. The molecule has 0 spiro atoms. The lowest BCUT2D eigenvalue weighted by atomic mass is 9.94. The zero-order chi connectivity index (χ0) is 16.8. The Bertz CT molecular complexity index is 652. The topological polar surface area (TPSA) is 29.5 Å². The molecule has 0 radical (unpaired) electrons. The van der Waals surface area contributed by atoms with Gasteiger partial charge in [0.2, 0.25) is 0 Å². The molecule has 0 bridgehead atoms. The van der Waals surface area contributed by atoms with Crippen LogP contribution in [-0.4, -0.2) is 12.2 Å². The SMILES string of the molecule is COc1cc(CCC(C)CCc2ccc(C)c(F)c2)ccc1O. The normalized spacial score (nSPS) is 12.2. The highest BCUT2D eigenvalue weighted by Gasteiger charge is 2.07. The van der Waals surface area contributed by atoms with E-state index in [1.54, 1.807) is 26.2 Å². The molecule has 0 heterocycles. The molecule has 1 unspecified atom stereocenters. The molecule has 0 saturated carbocycles. The number of aryl methyl sites for hydroxylation is 3. The summed E-state index contributed by atoms with van der Waals surface area (Å²) in [7, 11) is 1.56. The van der Waals surface area contributed by atoms with Crippen LogP contribution in [0.1, 0.15) is 36.5 Å². The summed E-state index contributed by atoms with van der Waals surface area (Å²) in [5.41, 5.74) is 2.92. The zero-order valence-corrected chi connectivity index (χ0v) is 14.1. The Kier molecular flexibility index (Phi) is 6.03. The minimum Gasteiger partial charge on any atom is -0.504 e. The lowest BCUT2D eigenvalue weighted by Crippen LogP contribution is -2.01. The van der Waals surface area contributed by atoms with Crippen molar-refractivity contribution in [2.24, 2.45) is 5.92 Å². The predicted molar refractivity (Wildman–Crippen MR) is 91.6 cm³/mol. The molecule has 0 aliphatic heterocycles. The van der Waals surface area contributed by atoms with Crippen LogP contribution in [0.5, 0.6) is 11.5 Å². The van der Waals surface area contributed by atoms with Gasteiger partial charge in [-0.25, -0.2) is 4.39 Å². The van der Waals surface area contributed by atoms with Gasteiger partial charge in [-0.2, -0.15) is 0 Å². The van der Waals surface area contributed by atoms with Gasteiger partial charge in [-0.15, -0.1) is 0 Å². The summed E-state index contributed by atoms with van der Waals surface area (Å²) >= 11 is 0. The van der Waals surface area contributed by atoms with Crippen LogP contribution in [-0.2, 0) is 12.8 Å².